The van der Waals surface area contributed by atoms with Crippen molar-refractivity contribution in [1.29, 1.82) is 0 Å². The standard InChI is InChI=1S/C24H27N7O4/c1-25-21-8-18(17-10-30(14-4-3-7-34-11-14)22-15(17)5-2-6-26-22)28-23-16(9-27-31(21)23)24(33)29-19-12-35-13-20(19)32/h2,5-6,8-10,14,19-20,25,32H,3-4,7,11-13H2,1H3,(H,29,33)/t14-,19-,20+/m1/s1. The molecule has 35 heavy (non-hydrogen) atoms. The molecule has 0 bridgehead atoms. The van der Waals surface area contributed by atoms with E-state index in [4.69, 9.17) is 14.5 Å². The van der Waals surface area contributed by atoms with Gasteiger partial charge in [0.15, 0.2) is 5.65 Å². The quantitative estimate of drug-likeness (QED) is 0.396. The number of carbonyl (C=O) groups is 1. The maximum absolute atomic E-state index is 13.1. The lowest BCUT2D eigenvalue weighted by Crippen LogP contribution is -2.42. The number of fused-ring (bicyclic) bond motifs is 2. The van der Waals surface area contributed by atoms with Gasteiger partial charge in [-0.25, -0.2) is 9.97 Å². The Bertz CT molecular complexity index is 1390. The molecule has 2 saturated heterocycles. The van der Waals surface area contributed by atoms with Crippen molar-refractivity contribution in [3.8, 4) is 11.3 Å². The maximum atomic E-state index is 13.1. The van der Waals surface area contributed by atoms with E-state index in [2.05, 4.69) is 31.5 Å². The van der Waals surface area contributed by atoms with E-state index in [0.29, 0.717) is 29.3 Å². The zero-order valence-electron chi connectivity index (χ0n) is 19.3. The number of nitrogens with one attached hydrogen (secondary N) is 2. The number of nitrogens with zero attached hydrogens (tertiary/aromatic N) is 5. The molecular weight excluding hydrogens is 450 g/mol. The minimum atomic E-state index is -0.737. The van der Waals surface area contributed by atoms with Crippen molar-refractivity contribution in [2.75, 3.05) is 38.8 Å². The van der Waals surface area contributed by atoms with Gasteiger partial charge in [0.25, 0.3) is 5.91 Å². The Balaban J connectivity index is 1.45. The van der Waals surface area contributed by atoms with Crippen molar-refractivity contribution in [2.45, 2.75) is 31.0 Å². The summed E-state index contributed by atoms with van der Waals surface area (Å²) in [7, 11) is 1.80. The van der Waals surface area contributed by atoms with Crippen molar-refractivity contribution < 1.29 is 19.4 Å². The zero-order valence-corrected chi connectivity index (χ0v) is 19.3. The Labute approximate surface area is 201 Å². The van der Waals surface area contributed by atoms with Crippen molar-refractivity contribution in [1.82, 2.24) is 29.5 Å². The zero-order chi connectivity index (χ0) is 23.9. The Morgan fingerprint density at radius 1 is 1.23 bits per heavy atom. The van der Waals surface area contributed by atoms with Crippen LogP contribution in [0, 0.1) is 0 Å². The number of anilines is 1. The Hall–Kier alpha value is -3.54. The number of carbonyl (C=O) groups excluding carboxylic acids is 1. The van der Waals surface area contributed by atoms with Crippen LogP contribution in [0.2, 0.25) is 0 Å². The molecule has 4 aromatic heterocycles. The molecule has 1 amide bonds. The number of rotatable bonds is 5. The van der Waals surface area contributed by atoms with Gasteiger partial charge in [0.1, 0.15) is 17.0 Å². The first-order valence-corrected chi connectivity index (χ1v) is 11.8. The first-order valence-electron chi connectivity index (χ1n) is 11.8. The molecule has 0 saturated carbocycles. The van der Waals surface area contributed by atoms with Crippen LogP contribution in [-0.4, -0.2) is 80.8 Å². The summed E-state index contributed by atoms with van der Waals surface area (Å²) >= 11 is 0. The third-order valence-electron chi connectivity index (χ3n) is 6.73. The highest BCUT2D eigenvalue weighted by Gasteiger charge is 2.29. The van der Waals surface area contributed by atoms with Crippen LogP contribution in [0.1, 0.15) is 29.2 Å². The number of amides is 1. The summed E-state index contributed by atoms with van der Waals surface area (Å²) in [5.41, 5.74) is 3.25. The number of aliphatic hydroxyl groups is 1. The van der Waals surface area contributed by atoms with Gasteiger partial charge in [-0.05, 0) is 25.0 Å². The molecule has 0 aromatic carbocycles. The van der Waals surface area contributed by atoms with Crippen molar-refractivity contribution in [2.24, 2.45) is 0 Å². The van der Waals surface area contributed by atoms with Crippen LogP contribution < -0.4 is 10.6 Å². The highest BCUT2D eigenvalue weighted by molar-refractivity contribution is 6.01. The van der Waals surface area contributed by atoms with Crippen LogP contribution in [0.4, 0.5) is 5.82 Å². The number of hydrogen-bond acceptors (Lipinski definition) is 8. The Morgan fingerprint density at radius 3 is 2.91 bits per heavy atom. The SMILES string of the molecule is CNc1cc(-c2cn([C@@H]3CCCOC3)c3ncccc23)nc2c(C(=O)N[C@@H]3COC[C@@H]3O)cnn12. The van der Waals surface area contributed by atoms with Gasteiger partial charge in [0.2, 0.25) is 0 Å². The maximum Gasteiger partial charge on any atom is 0.257 e. The van der Waals surface area contributed by atoms with Crippen molar-refractivity contribution in [3.05, 3.63) is 42.4 Å². The van der Waals surface area contributed by atoms with Crippen LogP contribution in [0.15, 0.2) is 36.8 Å². The summed E-state index contributed by atoms with van der Waals surface area (Å²) in [6.07, 6.45) is 6.67. The fourth-order valence-electron chi connectivity index (χ4n) is 4.87. The van der Waals surface area contributed by atoms with E-state index in [1.165, 1.54) is 6.20 Å². The van der Waals surface area contributed by atoms with E-state index >= 15 is 0 Å². The molecule has 2 fully saturated rings. The molecule has 0 aliphatic carbocycles. The minimum absolute atomic E-state index is 0.205. The van der Waals surface area contributed by atoms with E-state index in [1.807, 2.05) is 18.2 Å². The highest BCUT2D eigenvalue weighted by Crippen LogP contribution is 2.34. The smallest absolute Gasteiger partial charge is 0.257 e. The molecular formula is C24H27N7O4. The molecule has 11 heteroatoms. The lowest BCUT2D eigenvalue weighted by atomic mass is 10.1. The number of pyridine rings is 1. The third kappa shape index (κ3) is 3.81. The molecule has 0 spiro atoms. The topological polar surface area (TPSA) is 128 Å². The van der Waals surface area contributed by atoms with Gasteiger partial charge in [0, 0.05) is 43.1 Å². The third-order valence-corrected chi connectivity index (χ3v) is 6.73. The van der Waals surface area contributed by atoms with Gasteiger partial charge in [-0.15, -0.1) is 0 Å². The summed E-state index contributed by atoms with van der Waals surface area (Å²) < 4.78 is 14.8. The van der Waals surface area contributed by atoms with E-state index in [1.54, 1.807) is 17.8 Å². The summed E-state index contributed by atoms with van der Waals surface area (Å²) in [6.45, 7) is 1.91. The number of aliphatic hydroxyl groups excluding tert-OH is 1. The molecule has 3 N–H and O–H groups in total. The van der Waals surface area contributed by atoms with E-state index in [-0.39, 0.29) is 25.2 Å². The lowest BCUT2D eigenvalue weighted by molar-refractivity contribution is 0.0605. The van der Waals surface area contributed by atoms with Crippen LogP contribution >= 0.6 is 0 Å². The number of hydrogen-bond donors (Lipinski definition) is 3. The predicted molar refractivity (Wildman–Crippen MR) is 128 cm³/mol. The van der Waals surface area contributed by atoms with Gasteiger partial charge >= 0.3 is 0 Å². The van der Waals surface area contributed by atoms with Gasteiger partial charge in [-0.1, -0.05) is 0 Å². The Kier molecular flexibility index (Phi) is 5.59. The van der Waals surface area contributed by atoms with Gasteiger partial charge in [-0.3, -0.25) is 4.79 Å². The molecule has 11 nitrogen and oxygen atoms in total. The second-order valence-corrected chi connectivity index (χ2v) is 8.95. The molecule has 6 heterocycles. The van der Waals surface area contributed by atoms with Crippen LogP contribution in [-0.2, 0) is 9.47 Å². The first kappa shape index (κ1) is 22.0. The normalized spacial score (nSPS) is 22.6. The molecule has 4 aromatic rings. The van der Waals surface area contributed by atoms with E-state index < -0.39 is 12.1 Å². The summed E-state index contributed by atoms with van der Waals surface area (Å²) in [5.74, 6) is 0.337. The van der Waals surface area contributed by atoms with Gasteiger partial charge in [-0.2, -0.15) is 9.61 Å². The molecule has 3 atom stereocenters. The van der Waals surface area contributed by atoms with E-state index in [0.717, 1.165) is 36.0 Å². The fourth-order valence-corrected chi connectivity index (χ4v) is 4.87. The number of aromatic nitrogens is 5. The highest BCUT2D eigenvalue weighted by atomic mass is 16.5. The molecule has 0 radical (unpaired) electrons. The van der Waals surface area contributed by atoms with Gasteiger partial charge in [0.05, 0.1) is 49.9 Å². The van der Waals surface area contributed by atoms with Crippen molar-refractivity contribution >= 4 is 28.4 Å². The Morgan fingerprint density at radius 2 is 2.14 bits per heavy atom. The minimum Gasteiger partial charge on any atom is -0.388 e. The van der Waals surface area contributed by atoms with Crippen molar-refractivity contribution in [3.63, 3.8) is 0 Å². The van der Waals surface area contributed by atoms with Crippen LogP contribution in [0.3, 0.4) is 0 Å². The lowest BCUT2D eigenvalue weighted by Gasteiger charge is -2.24. The fraction of sp³-hybridized carbons (Fsp3) is 0.417. The van der Waals surface area contributed by atoms with Crippen LogP contribution in [0.5, 0.6) is 0 Å². The van der Waals surface area contributed by atoms with E-state index in [9.17, 15) is 9.90 Å². The molecule has 2 aliphatic heterocycles. The molecule has 2 aliphatic rings. The molecule has 182 valence electrons. The first-order chi connectivity index (χ1) is 17.1. The van der Waals surface area contributed by atoms with Crippen LogP contribution in [0.25, 0.3) is 27.9 Å². The average Bonchev–Trinajstić information content (AvgIpc) is 3.61. The summed E-state index contributed by atoms with van der Waals surface area (Å²) in [5, 5.41) is 21.4. The average molecular weight is 478 g/mol. The largest absolute Gasteiger partial charge is 0.388 e. The number of ether oxygens (including phenoxy) is 2. The predicted octanol–water partition coefficient (Wildman–Crippen LogP) is 1.63. The second kappa shape index (κ2) is 8.91. The van der Waals surface area contributed by atoms with Gasteiger partial charge < -0.3 is 29.8 Å². The summed E-state index contributed by atoms with van der Waals surface area (Å²) in [6, 6.07) is 5.61. The second-order valence-electron chi connectivity index (χ2n) is 8.95. The summed E-state index contributed by atoms with van der Waals surface area (Å²) in [4.78, 5) is 22.6. The molecule has 0 unspecified atom stereocenters. The monoisotopic (exact) mass is 477 g/mol. The molecule has 6 rings (SSSR count).